The number of aromatic nitrogens is 3. The van der Waals surface area contributed by atoms with Crippen LogP contribution in [0.15, 0.2) is 158 Å². The Balaban J connectivity index is 1.45. The summed E-state index contributed by atoms with van der Waals surface area (Å²) in [6.45, 7) is 4.09. The van der Waals surface area contributed by atoms with Crippen LogP contribution in [0.2, 0.25) is 0 Å². The van der Waals surface area contributed by atoms with Crippen molar-refractivity contribution in [2.45, 2.75) is 13.8 Å². The summed E-state index contributed by atoms with van der Waals surface area (Å²) >= 11 is 0. The van der Waals surface area contributed by atoms with Gasteiger partial charge in [0, 0.05) is 50.4 Å². The standard InChI is InChI=1S/C44H32N4/c1-29-14-12-22-39(45-29)31-26-32(40-23-13-15-30(2)46-40)28-34(27-31)48-42-25-11-9-21-38(42)43-37-20-7-6-18-35(37)36-19-8-10-24-41(36)47(44(43)48)33-16-4-3-5-17-33/h3-28H,1-2H3. The van der Waals surface area contributed by atoms with Gasteiger partial charge in [0.15, 0.2) is 0 Å². The zero-order valence-electron chi connectivity index (χ0n) is 26.8. The number of anilines is 3. The van der Waals surface area contributed by atoms with Gasteiger partial charge in [0.25, 0.3) is 0 Å². The highest BCUT2D eigenvalue weighted by molar-refractivity contribution is 6.13. The van der Waals surface area contributed by atoms with Gasteiger partial charge in [-0.05, 0) is 91.7 Å². The Morgan fingerprint density at radius 2 is 1.04 bits per heavy atom. The van der Waals surface area contributed by atoms with Crippen molar-refractivity contribution in [2.24, 2.45) is 0 Å². The van der Waals surface area contributed by atoms with Crippen LogP contribution in [0.4, 0.5) is 17.2 Å². The lowest BCUT2D eigenvalue weighted by molar-refractivity contribution is 1.08. The fourth-order valence-electron chi connectivity index (χ4n) is 7.19. The second-order valence-electron chi connectivity index (χ2n) is 12.4. The van der Waals surface area contributed by atoms with E-state index < -0.39 is 0 Å². The van der Waals surface area contributed by atoms with Crippen LogP contribution < -0.4 is 4.90 Å². The molecule has 0 bridgehead atoms. The quantitative estimate of drug-likeness (QED) is 0.197. The molecular formula is C44H32N4. The number of para-hydroxylation sites is 3. The minimum Gasteiger partial charge on any atom is -0.295 e. The van der Waals surface area contributed by atoms with Crippen LogP contribution in [0.25, 0.3) is 61.4 Å². The average Bonchev–Trinajstić information content (AvgIpc) is 3.40. The Labute approximate surface area is 280 Å². The van der Waals surface area contributed by atoms with E-state index in [2.05, 4.69) is 155 Å². The minimum atomic E-state index is 0.934. The van der Waals surface area contributed by atoms with E-state index in [4.69, 9.17) is 9.97 Å². The SMILES string of the molecule is Cc1cccc(-c2cc(-c3cccc(C)n3)cc(-n3c4c(c5ccccc53)-c3ccccc3-c3ccccc3N4c3ccccc3)c2)n1. The first-order valence-corrected chi connectivity index (χ1v) is 16.3. The number of nitrogens with zero attached hydrogens (tertiary/aromatic N) is 4. The van der Waals surface area contributed by atoms with E-state index in [1.54, 1.807) is 0 Å². The van der Waals surface area contributed by atoms with Gasteiger partial charge in [0.1, 0.15) is 5.82 Å². The molecule has 0 atom stereocenters. The molecule has 0 radical (unpaired) electrons. The normalized spacial score (nSPS) is 11.9. The molecule has 228 valence electrons. The fraction of sp³-hybridized carbons (Fsp3) is 0.0455. The largest absolute Gasteiger partial charge is 0.295 e. The van der Waals surface area contributed by atoms with E-state index in [9.17, 15) is 0 Å². The molecule has 0 spiro atoms. The monoisotopic (exact) mass is 616 g/mol. The number of benzene rings is 5. The maximum atomic E-state index is 4.96. The van der Waals surface area contributed by atoms with Crippen LogP contribution in [-0.2, 0) is 0 Å². The van der Waals surface area contributed by atoms with Crippen LogP contribution >= 0.6 is 0 Å². The molecule has 0 saturated carbocycles. The fourth-order valence-corrected chi connectivity index (χ4v) is 7.19. The molecule has 1 aliphatic heterocycles. The van der Waals surface area contributed by atoms with Gasteiger partial charge in [-0.3, -0.25) is 19.4 Å². The van der Waals surface area contributed by atoms with Crippen molar-refractivity contribution in [1.82, 2.24) is 14.5 Å². The van der Waals surface area contributed by atoms with Gasteiger partial charge in [0.2, 0.25) is 0 Å². The highest BCUT2D eigenvalue weighted by Gasteiger charge is 2.32. The van der Waals surface area contributed by atoms with Crippen molar-refractivity contribution < 1.29 is 0 Å². The highest BCUT2D eigenvalue weighted by atomic mass is 15.3. The summed E-state index contributed by atoms with van der Waals surface area (Å²) in [6, 6.07) is 56.3. The maximum Gasteiger partial charge on any atom is 0.131 e. The number of aryl methyl sites for hydroxylation is 2. The second-order valence-corrected chi connectivity index (χ2v) is 12.4. The van der Waals surface area contributed by atoms with E-state index >= 15 is 0 Å². The smallest absolute Gasteiger partial charge is 0.131 e. The summed E-state index contributed by atoms with van der Waals surface area (Å²) in [6.07, 6.45) is 0. The molecule has 48 heavy (non-hydrogen) atoms. The third-order valence-electron chi connectivity index (χ3n) is 9.25. The molecule has 9 rings (SSSR count). The number of hydrogen-bond acceptors (Lipinski definition) is 3. The molecular weight excluding hydrogens is 585 g/mol. The molecule has 4 nitrogen and oxygen atoms in total. The molecule has 5 aromatic carbocycles. The number of fused-ring (bicyclic) bond motifs is 7. The number of pyridine rings is 2. The van der Waals surface area contributed by atoms with E-state index in [1.807, 2.05) is 26.0 Å². The molecule has 0 amide bonds. The van der Waals surface area contributed by atoms with E-state index in [-0.39, 0.29) is 0 Å². The zero-order chi connectivity index (χ0) is 32.2. The van der Waals surface area contributed by atoms with E-state index in [0.717, 1.165) is 62.3 Å². The van der Waals surface area contributed by atoms with Crippen LogP contribution in [0.5, 0.6) is 0 Å². The van der Waals surface area contributed by atoms with Crippen molar-refractivity contribution in [1.29, 1.82) is 0 Å². The van der Waals surface area contributed by atoms with Gasteiger partial charge in [0.05, 0.1) is 22.6 Å². The topological polar surface area (TPSA) is 34.0 Å². The Morgan fingerprint density at radius 1 is 0.458 bits per heavy atom. The molecule has 0 saturated heterocycles. The maximum absolute atomic E-state index is 4.96. The predicted octanol–water partition coefficient (Wildman–Crippen LogP) is 11.5. The lowest BCUT2D eigenvalue weighted by atomic mass is 9.94. The third-order valence-corrected chi connectivity index (χ3v) is 9.25. The minimum absolute atomic E-state index is 0.934. The summed E-state index contributed by atoms with van der Waals surface area (Å²) in [7, 11) is 0. The molecule has 0 N–H and O–H groups in total. The Bertz CT molecular complexity index is 2430. The Morgan fingerprint density at radius 3 is 1.73 bits per heavy atom. The predicted molar refractivity (Wildman–Crippen MR) is 198 cm³/mol. The van der Waals surface area contributed by atoms with Crippen molar-refractivity contribution in [3.63, 3.8) is 0 Å². The second kappa shape index (κ2) is 11.2. The zero-order valence-corrected chi connectivity index (χ0v) is 26.8. The molecule has 3 aromatic heterocycles. The summed E-state index contributed by atoms with van der Waals surface area (Å²) in [5.74, 6) is 1.09. The van der Waals surface area contributed by atoms with Crippen LogP contribution in [0.1, 0.15) is 11.4 Å². The Kier molecular flexibility index (Phi) is 6.54. The van der Waals surface area contributed by atoms with E-state index in [0.29, 0.717) is 0 Å². The van der Waals surface area contributed by atoms with E-state index in [1.165, 1.54) is 27.6 Å². The number of rotatable bonds is 4. The Hall–Kier alpha value is -6.26. The van der Waals surface area contributed by atoms with Gasteiger partial charge in [-0.2, -0.15) is 0 Å². The van der Waals surface area contributed by atoms with Crippen LogP contribution in [0.3, 0.4) is 0 Å². The summed E-state index contributed by atoms with van der Waals surface area (Å²) in [5.41, 5.74) is 15.2. The summed E-state index contributed by atoms with van der Waals surface area (Å²) < 4.78 is 2.44. The summed E-state index contributed by atoms with van der Waals surface area (Å²) in [5, 5.41) is 1.20. The van der Waals surface area contributed by atoms with Crippen molar-refractivity contribution in [2.75, 3.05) is 4.90 Å². The number of hydrogen-bond donors (Lipinski definition) is 0. The van der Waals surface area contributed by atoms with Gasteiger partial charge in [-0.1, -0.05) is 91.0 Å². The molecule has 1 aliphatic rings. The van der Waals surface area contributed by atoms with Crippen molar-refractivity contribution in [3.8, 4) is 50.5 Å². The lowest BCUT2D eigenvalue weighted by Gasteiger charge is -2.28. The molecule has 0 unspecified atom stereocenters. The molecule has 8 aromatic rings. The van der Waals surface area contributed by atoms with Gasteiger partial charge >= 0.3 is 0 Å². The van der Waals surface area contributed by atoms with Gasteiger partial charge in [-0.15, -0.1) is 0 Å². The lowest BCUT2D eigenvalue weighted by Crippen LogP contribution is -2.15. The molecule has 4 heteroatoms. The first-order chi connectivity index (χ1) is 23.6. The third kappa shape index (κ3) is 4.53. The molecule has 4 heterocycles. The van der Waals surface area contributed by atoms with Crippen molar-refractivity contribution in [3.05, 3.63) is 169 Å². The van der Waals surface area contributed by atoms with Gasteiger partial charge in [-0.25, -0.2) is 0 Å². The molecule has 0 fully saturated rings. The highest BCUT2D eigenvalue weighted by Crippen LogP contribution is 2.54. The first-order valence-electron chi connectivity index (χ1n) is 16.3. The van der Waals surface area contributed by atoms with Crippen LogP contribution in [0, 0.1) is 13.8 Å². The summed E-state index contributed by atoms with van der Waals surface area (Å²) in [4.78, 5) is 12.4. The van der Waals surface area contributed by atoms with Crippen molar-refractivity contribution >= 4 is 28.1 Å². The average molecular weight is 617 g/mol. The van der Waals surface area contributed by atoms with Gasteiger partial charge < -0.3 is 0 Å². The molecule has 0 aliphatic carbocycles. The van der Waals surface area contributed by atoms with Crippen LogP contribution in [-0.4, -0.2) is 14.5 Å². The first kappa shape index (κ1) is 28.0.